The Balaban J connectivity index is 1.47. The summed E-state index contributed by atoms with van der Waals surface area (Å²) in [6, 6.07) is 12.9. The minimum Gasteiger partial charge on any atom is -0.371 e. The number of H-pyrrole nitrogens is 2. The number of nitrogens with one attached hydrogen (secondary N) is 2. The van der Waals surface area contributed by atoms with Gasteiger partial charge in [0.2, 0.25) is 0 Å². The van der Waals surface area contributed by atoms with Crippen molar-refractivity contribution in [2.75, 3.05) is 18.0 Å². The Hall–Kier alpha value is -3.67. The number of rotatable bonds is 3. The Morgan fingerprint density at radius 1 is 0.968 bits per heavy atom. The van der Waals surface area contributed by atoms with Crippen LogP contribution in [0.4, 0.5) is 5.69 Å². The lowest BCUT2D eigenvalue weighted by Gasteiger charge is -2.29. The van der Waals surface area contributed by atoms with Gasteiger partial charge in [-0.25, -0.2) is 4.98 Å². The van der Waals surface area contributed by atoms with Crippen LogP contribution in [0.1, 0.15) is 24.8 Å². The molecule has 0 amide bonds. The second kappa shape index (κ2) is 7.23. The summed E-state index contributed by atoms with van der Waals surface area (Å²) in [5, 5.41) is 9.93. The number of benzene rings is 1. The molecule has 1 aliphatic heterocycles. The molecular formula is C25H24N6. The van der Waals surface area contributed by atoms with Gasteiger partial charge in [0.1, 0.15) is 0 Å². The molecule has 2 N–H and O–H groups in total. The maximum Gasteiger partial charge on any atom is 0.181 e. The number of pyridine rings is 2. The molecule has 5 aromatic rings. The summed E-state index contributed by atoms with van der Waals surface area (Å²) in [6.45, 7) is 4.35. The van der Waals surface area contributed by atoms with Gasteiger partial charge >= 0.3 is 0 Å². The van der Waals surface area contributed by atoms with Crippen molar-refractivity contribution < 1.29 is 0 Å². The van der Waals surface area contributed by atoms with Crippen LogP contribution >= 0.6 is 0 Å². The number of aryl methyl sites for hydroxylation is 1. The van der Waals surface area contributed by atoms with Crippen LogP contribution < -0.4 is 4.90 Å². The van der Waals surface area contributed by atoms with E-state index >= 15 is 0 Å². The molecule has 0 aliphatic carbocycles. The highest BCUT2D eigenvalue weighted by molar-refractivity contribution is 6.00. The molecule has 6 nitrogen and oxygen atoms in total. The molecule has 1 fully saturated rings. The molecule has 4 aromatic heterocycles. The topological polar surface area (TPSA) is 73.5 Å². The highest BCUT2D eigenvalue weighted by Gasteiger charge is 2.17. The fourth-order valence-corrected chi connectivity index (χ4v) is 4.70. The van der Waals surface area contributed by atoms with Gasteiger partial charge in [0.15, 0.2) is 5.65 Å². The summed E-state index contributed by atoms with van der Waals surface area (Å²) in [5.74, 6) is 0. The average Bonchev–Trinajstić information content (AvgIpc) is 3.43. The molecule has 1 aliphatic rings. The van der Waals surface area contributed by atoms with Crippen molar-refractivity contribution in [1.82, 2.24) is 25.1 Å². The third-order valence-electron chi connectivity index (χ3n) is 6.37. The molecule has 0 bridgehead atoms. The third-order valence-corrected chi connectivity index (χ3v) is 6.37. The van der Waals surface area contributed by atoms with Gasteiger partial charge in [-0.05, 0) is 62.1 Å². The fourth-order valence-electron chi connectivity index (χ4n) is 4.70. The maximum atomic E-state index is 4.60. The van der Waals surface area contributed by atoms with Crippen molar-refractivity contribution in [3.63, 3.8) is 0 Å². The van der Waals surface area contributed by atoms with Crippen LogP contribution in [-0.2, 0) is 0 Å². The van der Waals surface area contributed by atoms with Crippen molar-refractivity contribution in [2.24, 2.45) is 0 Å². The second-order valence-corrected chi connectivity index (χ2v) is 8.35. The molecule has 5 heterocycles. The van der Waals surface area contributed by atoms with Crippen LogP contribution in [0.25, 0.3) is 44.5 Å². The summed E-state index contributed by atoms with van der Waals surface area (Å²) < 4.78 is 0. The number of aromatic amines is 2. The highest BCUT2D eigenvalue weighted by atomic mass is 15.2. The van der Waals surface area contributed by atoms with Crippen molar-refractivity contribution in [3.8, 4) is 22.5 Å². The predicted molar refractivity (Wildman–Crippen MR) is 125 cm³/mol. The van der Waals surface area contributed by atoms with Crippen molar-refractivity contribution in [3.05, 3.63) is 60.6 Å². The van der Waals surface area contributed by atoms with Crippen LogP contribution in [-0.4, -0.2) is 38.2 Å². The zero-order chi connectivity index (χ0) is 20.8. The quantitative estimate of drug-likeness (QED) is 0.415. The molecule has 154 valence electrons. The molecular weight excluding hydrogens is 384 g/mol. The first kappa shape index (κ1) is 18.1. The van der Waals surface area contributed by atoms with Gasteiger partial charge < -0.3 is 9.88 Å². The smallest absolute Gasteiger partial charge is 0.181 e. The maximum absolute atomic E-state index is 4.60. The number of aromatic nitrogens is 5. The van der Waals surface area contributed by atoms with E-state index in [-0.39, 0.29) is 0 Å². The van der Waals surface area contributed by atoms with Gasteiger partial charge in [0.05, 0.1) is 11.4 Å². The lowest BCUT2D eigenvalue weighted by molar-refractivity contribution is 0.579. The predicted octanol–water partition coefficient (Wildman–Crippen LogP) is 5.47. The number of piperidine rings is 1. The first-order chi connectivity index (χ1) is 15.3. The minimum atomic E-state index is 0.718. The van der Waals surface area contributed by atoms with E-state index in [9.17, 15) is 0 Å². The Morgan fingerprint density at radius 2 is 1.87 bits per heavy atom. The fraction of sp³-hybridized carbons (Fsp3) is 0.240. The number of hydrogen-bond acceptors (Lipinski definition) is 4. The molecule has 1 aromatic carbocycles. The molecule has 0 spiro atoms. The average molecular weight is 409 g/mol. The molecule has 0 saturated carbocycles. The van der Waals surface area contributed by atoms with E-state index in [0.717, 1.165) is 52.2 Å². The Morgan fingerprint density at radius 3 is 2.74 bits per heavy atom. The van der Waals surface area contributed by atoms with Crippen molar-refractivity contribution >= 4 is 27.6 Å². The van der Waals surface area contributed by atoms with E-state index < -0.39 is 0 Å². The normalized spacial score (nSPS) is 14.5. The van der Waals surface area contributed by atoms with Gasteiger partial charge in [-0.1, -0.05) is 6.07 Å². The molecule has 0 atom stereocenters. The highest BCUT2D eigenvalue weighted by Crippen LogP contribution is 2.35. The second-order valence-electron chi connectivity index (χ2n) is 8.35. The summed E-state index contributed by atoms with van der Waals surface area (Å²) in [4.78, 5) is 15.0. The number of anilines is 1. The van der Waals surface area contributed by atoms with Crippen LogP contribution in [0.2, 0.25) is 0 Å². The van der Waals surface area contributed by atoms with Crippen molar-refractivity contribution in [2.45, 2.75) is 26.2 Å². The Kier molecular flexibility index (Phi) is 4.23. The van der Waals surface area contributed by atoms with Crippen molar-refractivity contribution in [1.29, 1.82) is 0 Å². The Labute approximate surface area is 180 Å². The Bertz CT molecular complexity index is 1390. The number of nitrogens with zero attached hydrogens (tertiary/aromatic N) is 4. The van der Waals surface area contributed by atoms with Gasteiger partial charge in [-0.15, -0.1) is 0 Å². The first-order valence-corrected chi connectivity index (χ1v) is 10.9. The first-order valence-electron chi connectivity index (χ1n) is 10.9. The molecule has 0 radical (unpaired) electrons. The number of fused-ring (bicyclic) bond motifs is 2. The molecule has 31 heavy (non-hydrogen) atoms. The van der Waals surface area contributed by atoms with Crippen LogP contribution in [0, 0.1) is 6.92 Å². The van der Waals surface area contributed by atoms with E-state index in [2.05, 4.69) is 67.3 Å². The van der Waals surface area contributed by atoms with Crippen LogP contribution in [0.15, 0.2) is 55.0 Å². The van der Waals surface area contributed by atoms with Crippen LogP contribution in [0.3, 0.4) is 0 Å². The standard InChI is InChI=1S/C25H24N6/c1-16-8-9-26-15-20(16)17-12-19-24(29-30-25(19)27-14-17)22-13-18-21(28-22)6-5-7-23(18)31-10-3-2-4-11-31/h5-9,12-15,28H,2-4,10-11H2,1H3,(H,27,29,30). The summed E-state index contributed by atoms with van der Waals surface area (Å²) in [7, 11) is 0. The summed E-state index contributed by atoms with van der Waals surface area (Å²) in [6.07, 6.45) is 9.44. The zero-order valence-electron chi connectivity index (χ0n) is 17.5. The molecule has 0 unspecified atom stereocenters. The van der Waals surface area contributed by atoms with E-state index in [1.165, 1.54) is 35.9 Å². The largest absolute Gasteiger partial charge is 0.371 e. The molecule has 6 rings (SSSR count). The van der Waals surface area contributed by atoms with Gasteiger partial charge in [0.25, 0.3) is 0 Å². The lowest BCUT2D eigenvalue weighted by Crippen LogP contribution is -2.29. The molecule has 6 heteroatoms. The minimum absolute atomic E-state index is 0.718. The SMILES string of the molecule is Cc1ccncc1-c1cnc2n[nH]c(-c3cc4c(N5CCCCC5)cccc4[nH]3)c2c1. The molecule has 1 saturated heterocycles. The van der Waals surface area contributed by atoms with E-state index in [1.54, 1.807) is 0 Å². The van der Waals surface area contributed by atoms with E-state index in [1.807, 2.05) is 24.7 Å². The third kappa shape index (κ3) is 3.06. The van der Waals surface area contributed by atoms with Gasteiger partial charge in [-0.2, -0.15) is 5.10 Å². The summed E-state index contributed by atoms with van der Waals surface area (Å²) in [5.41, 5.74) is 8.49. The van der Waals surface area contributed by atoms with Gasteiger partial charge in [-0.3, -0.25) is 10.1 Å². The van der Waals surface area contributed by atoms with E-state index in [0.29, 0.717) is 0 Å². The van der Waals surface area contributed by atoms with Crippen LogP contribution in [0.5, 0.6) is 0 Å². The van der Waals surface area contributed by atoms with Gasteiger partial charge in [0, 0.05) is 64.8 Å². The zero-order valence-corrected chi connectivity index (χ0v) is 17.5. The monoisotopic (exact) mass is 408 g/mol. The lowest BCUT2D eigenvalue weighted by atomic mass is 10.0. The summed E-state index contributed by atoms with van der Waals surface area (Å²) >= 11 is 0. The van der Waals surface area contributed by atoms with E-state index in [4.69, 9.17) is 0 Å². The number of hydrogen-bond donors (Lipinski definition) is 2.